The molecule has 4 heterocycles. The second kappa shape index (κ2) is 12.2. The standard InChI is InChI=1S/C33H43N5O5Si/c1-23-31(44(2,3)42)29(16-19-36-22-24(17-20-39)34-35-36)43-33(23)27-21-26(37-18-10-5-4-9-13-30(37)40)14-15-28(27)38(32(33)41)25-11-7-6-8-12-25/h6-8,11-12,14-15,21-23,29,31,39,42H,4-5,9-10,13,16-20H2,1-3H3/t23-,29+,31-,33+/m1/s1. The number of nitrogens with zero attached hydrogens (tertiary/aromatic N) is 5. The first kappa shape index (κ1) is 30.6. The maximum absolute atomic E-state index is 14.8. The number of para-hydroxylation sites is 1. The lowest BCUT2D eigenvalue weighted by Gasteiger charge is -2.33. The Morgan fingerprint density at radius 3 is 2.57 bits per heavy atom. The van der Waals surface area contributed by atoms with Gasteiger partial charge in [0.25, 0.3) is 5.91 Å². The third-order valence-electron chi connectivity index (χ3n) is 9.62. The van der Waals surface area contributed by atoms with Gasteiger partial charge in [0.05, 0.1) is 17.5 Å². The van der Waals surface area contributed by atoms with Crippen LogP contribution in [0.3, 0.4) is 0 Å². The van der Waals surface area contributed by atoms with Gasteiger partial charge in [0.15, 0.2) is 13.9 Å². The number of carbonyl (C=O) groups excluding carboxylic acids is 2. The van der Waals surface area contributed by atoms with E-state index < -0.39 is 20.0 Å². The average Bonchev–Trinajstić information content (AvgIpc) is 3.63. The summed E-state index contributed by atoms with van der Waals surface area (Å²) in [5.74, 6) is -0.381. The Morgan fingerprint density at radius 2 is 1.82 bits per heavy atom. The molecule has 0 bridgehead atoms. The van der Waals surface area contributed by atoms with Crippen molar-refractivity contribution in [3.05, 3.63) is 66.0 Å². The molecule has 1 aromatic heterocycles. The summed E-state index contributed by atoms with van der Waals surface area (Å²) in [5.41, 5.74) is 2.19. The lowest BCUT2D eigenvalue weighted by molar-refractivity contribution is -0.145. The molecule has 2 aromatic carbocycles. The van der Waals surface area contributed by atoms with Crippen molar-refractivity contribution in [2.45, 2.75) is 88.8 Å². The summed E-state index contributed by atoms with van der Waals surface area (Å²) >= 11 is 0. The van der Waals surface area contributed by atoms with Gasteiger partial charge in [-0.15, -0.1) is 5.10 Å². The van der Waals surface area contributed by atoms with Crippen LogP contribution in [0, 0.1) is 5.92 Å². The number of rotatable bonds is 8. The van der Waals surface area contributed by atoms with Crippen LogP contribution in [-0.2, 0) is 32.9 Å². The molecule has 11 heteroatoms. The first-order valence-corrected chi connectivity index (χ1v) is 18.9. The highest BCUT2D eigenvalue weighted by molar-refractivity contribution is 6.71. The van der Waals surface area contributed by atoms with Crippen LogP contribution in [0.25, 0.3) is 0 Å². The maximum Gasteiger partial charge on any atom is 0.268 e. The molecule has 4 atom stereocenters. The van der Waals surface area contributed by atoms with Crippen molar-refractivity contribution in [2.75, 3.05) is 23.0 Å². The van der Waals surface area contributed by atoms with Crippen molar-refractivity contribution in [3.8, 4) is 0 Å². The second-order valence-corrected chi connectivity index (χ2v) is 17.0. The smallest absolute Gasteiger partial charge is 0.268 e. The average molecular weight is 618 g/mol. The molecule has 2 saturated heterocycles. The van der Waals surface area contributed by atoms with Gasteiger partial charge in [0.2, 0.25) is 5.91 Å². The van der Waals surface area contributed by atoms with E-state index in [0.717, 1.165) is 48.3 Å². The number of aryl methyl sites for hydroxylation is 1. The third-order valence-corrected chi connectivity index (χ3v) is 12.1. The van der Waals surface area contributed by atoms with Crippen LogP contribution in [0.15, 0.2) is 54.7 Å². The Labute approximate surface area is 259 Å². The first-order chi connectivity index (χ1) is 21.1. The molecule has 0 saturated carbocycles. The maximum atomic E-state index is 14.8. The van der Waals surface area contributed by atoms with E-state index in [1.807, 2.05) is 79.6 Å². The highest BCUT2D eigenvalue weighted by atomic mass is 28.4. The predicted molar refractivity (Wildman–Crippen MR) is 170 cm³/mol. The predicted octanol–water partition coefficient (Wildman–Crippen LogP) is 4.68. The van der Waals surface area contributed by atoms with Crippen LogP contribution in [0.2, 0.25) is 18.6 Å². The molecule has 10 nitrogen and oxygen atoms in total. The van der Waals surface area contributed by atoms with E-state index in [0.29, 0.717) is 38.0 Å². The molecule has 2 fully saturated rings. The number of anilines is 3. The van der Waals surface area contributed by atoms with E-state index in [1.165, 1.54) is 0 Å². The number of aromatic nitrogens is 3. The van der Waals surface area contributed by atoms with Crippen LogP contribution >= 0.6 is 0 Å². The highest BCUT2D eigenvalue weighted by Gasteiger charge is 2.66. The molecule has 0 aliphatic carbocycles. The van der Waals surface area contributed by atoms with Crippen LogP contribution < -0.4 is 9.80 Å². The Kier molecular flexibility index (Phi) is 8.49. The topological polar surface area (TPSA) is 121 Å². The van der Waals surface area contributed by atoms with E-state index in [-0.39, 0.29) is 29.9 Å². The van der Waals surface area contributed by atoms with Gasteiger partial charge in [-0.3, -0.25) is 19.2 Å². The monoisotopic (exact) mass is 617 g/mol. The molecule has 6 rings (SSSR count). The highest BCUT2D eigenvalue weighted by Crippen LogP contribution is 2.61. The number of aliphatic hydroxyl groups is 1. The van der Waals surface area contributed by atoms with E-state index >= 15 is 0 Å². The molecule has 0 radical (unpaired) electrons. The fourth-order valence-electron chi connectivity index (χ4n) is 7.63. The van der Waals surface area contributed by atoms with Gasteiger partial charge in [0.1, 0.15) is 0 Å². The number of hydrogen-bond acceptors (Lipinski definition) is 7. The fraction of sp³-hybridized carbons (Fsp3) is 0.515. The number of ether oxygens (including phenoxy) is 1. The van der Waals surface area contributed by atoms with Crippen LogP contribution in [0.1, 0.15) is 56.7 Å². The van der Waals surface area contributed by atoms with E-state index in [9.17, 15) is 19.5 Å². The van der Waals surface area contributed by atoms with Gasteiger partial charge < -0.3 is 19.5 Å². The molecule has 2 N–H and O–H groups in total. The molecule has 3 aliphatic heterocycles. The first-order valence-electron chi connectivity index (χ1n) is 15.9. The molecule has 44 heavy (non-hydrogen) atoms. The molecule has 3 aliphatic rings. The Hall–Kier alpha value is -3.38. The van der Waals surface area contributed by atoms with E-state index in [1.54, 1.807) is 9.58 Å². The molecule has 1 spiro atoms. The normalized spacial score (nSPS) is 25.9. The van der Waals surface area contributed by atoms with Crippen molar-refractivity contribution in [1.29, 1.82) is 0 Å². The number of carbonyl (C=O) groups is 2. The Morgan fingerprint density at radius 1 is 1.05 bits per heavy atom. The lowest BCUT2D eigenvalue weighted by Crippen LogP contribution is -2.45. The quantitative estimate of drug-likeness (QED) is 0.352. The van der Waals surface area contributed by atoms with Gasteiger partial charge >= 0.3 is 0 Å². The Balaban J connectivity index is 1.42. The van der Waals surface area contributed by atoms with Crippen LogP contribution in [0.4, 0.5) is 17.1 Å². The zero-order valence-electron chi connectivity index (χ0n) is 25.9. The van der Waals surface area contributed by atoms with Crippen molar-refractivity contribution < 1.29 is 24.2 Å². The third kappa shape index (κ3) is 5.40. The Bertz CT molecular complexity index is 1510. The largest absolute Gasteiger partial charge is 0.432 e. The number of amides is 2. The van der Waals surface area contributed by atoms with E-state index in [4.69, 9.17) is 4.74 Å². The van der Waals surface area contributed by atoms with Gasteiger partial charge in [0, 0.05) is 67.1 Å². The van der Waals surface area contributed by atoms with Crippen molar-refractivity contribution >= 4 is 37.2 Å². The molecular weight excluding hydrogens is 574 g/mol. The summed E-state index contributed by atoms with van der Waals surface area (Å²) < 4.78 is 8.76. The van der Waals surface area contributed by atoms with Gasteiger partial charge in [-0.2, -0.15) is 0 Å². The molecule has 3 aromatic rings. The van der Waals surface area contributed by atoms with E-state index in [2.05, 4.69) is 10.3 Å². The minimum atomic E-state index is -2.85. The second-order valence-electron chi connectivity index (χ2n) is 13.0. The summed E-state index contributed by atoms with van der Waals surface area (Å²) in [6.45, 7) is 7.02. The van der Waals surface area contributed by atoms with Crippen molar-refractivity contribution in [2.24, 2.45) is 5.92 Å². The van der Waals surface area contributed by atoms with Gasteiger partial charge in [-0.1, -0.05) is 43.2 Å². The summed E-state index contributed by atoms with van der Waals surface area (Å²) in [4.78, 5) is 43.4. The summed E-state index contributed by atoms with van der Waals surface area (Å²) in [6, 6.07) is 15.5. The number of fused-ring (bicyclic) bond motifs is 2. The number of benzene rings is 2. The van der Waals surface area contributed by atoms with Gasteiger partial charge in [-0.05, 0) is 62.7 Å². The summed E-state index contributed by atoms with van der Waals surface area (Å²) in [7, 11) is -2.85. The molecular formula is C33H43N5O5Si. The molecule has 2 amide bonds. The van der Waals surface area contributed by atoms with Crippen molar-refractivity contribution in [3.63, 3.8) is 0 Å². The molecule has 0 unspecified atom stereocenters. The number of hydrogen-bond donors (Lipinski definition) is 2. The fourth-order valence-corrected chi connectivity index (χ4v) is 10.2. The SMILES string of the molecule is C[C@@H]1[C@@H]([Si](C)(C)O)[C@H](CCn2cc(CCO)nn2)O[C@@]12C(=O)N(c1ccccc1)c1ccc(N3CCCCCCC3=O)cc12. The minimum absolute atomic E-state index is 0.00128. The number of aliphatic hydroxyl groups excluding tert-OH is 1. The van der Waals surface area contributed by atoms with Crippen LogP contribution in [0.5, 0.6) is 0 Å². The lowest BCUT2D eigenvalue weighted by atomic mass is 9.82. The zero-order chi connectivity index (χ0) is 31.1. The van der Waals surface area contributed by atoms with Crippen LogP contribution in [-0.4, -0.2) is 64.3 Å². The van der Waals surface area contributed by atoms with Crippen molar-refractivity contribution in [1.82, 2.24) is 15.0 Å². The van der Waals surface area contributed by atoms with Gasteiger partial charge in [-0.25, -0.2) is 0 Å². The summed E-state index contributed by atoms with van der Waals surface area (Å²) in [5, 5.41) is 17.6. The summed E-state index contributed by atoms with van der Waals surface area (Å²) in [6.07, 6.45) is 6.88. The zero-order valence-corrected chi connectivity index (χ0v) is 26.9. The minimum Gasteiger partial charge on any atom is -0.432 e. The molecule has 234 valence electrons.